The zero-order valence-corrected chi connectivity index (χ0v) is 14.4. The van der Waals surface area contributed by atoms with Crippen molar-refractivity contribution in [2.75, 3.05) is 13.1 Å². The van der Waals surface area contributed by atoms with Gasteiger partial charge in [0.05, 0.1) is 0 Å². The molecule has 130 valence electrons. The number of fused-ring (bicyclic) bond motifs is 1. The van der Waals surface area contributed by atoms with E-state index >= 15 is 0 Å². The number of aryl methyl sites for hydroxylation is 1. The Hall–Kier alpha value is -2.56. The van der Waals surface area contributed by atoms with Crippen LogP contribution in [0.3, 0.4) is 0 Å². The predicted molar refractivity (Wildman–Crippen MR) is 94.5 cm³/mol. The lowest BCUT2D eigenvalue weighted by Gasteiger charge is -2.34. The molecule has 0 saturated carbocycles. The monoisotopic (exact) mass is 338 g/mol. The highest BCUT2D eigenvalue weighted by Gasteiger charge is 2.36. The predicted octanol–water partition coefficient (Wildman–Crippen LogP) is 3.71. The maximum Gasteiger partial charge on any atom is 0.276 e. The molecule has 1 fully saturated rings. The Bertz CT molecular complexity index is 811. The molecule has 0 N–H and O–H groups in total. The topological polar surface area (TPSA) is 55.6 Å². The van der Waals surface area contributed by atoms with Gasteiger partial charge in [0, 0.05) is 31.5 Å². The van der Waals surface area contributed by atoms with E-state index in [-0.39, 0.29) is 11.5 Å². The van der Waals surface area contributed by atoms with E-state index in [1.807, 2.05) is 30.0 Å². The average molecular weight is 338 g/mol. The molecule has 1 aromatic carbocycles. The summed E-state index contributed by atoms with van der Waals surface area (Å²) in [6.07, 6.45) is 8.91. The summed E-state index contributed by atoms with van der Waals surface area (Å²) in [6, 6.07) is 8.08. The maximum absolute atomic E-state index is 12.8. The number of rotatable bonds is 2. The number of carbonyl (C=O) groups is 1. The zero-order valence-electron chi connectivity index (χ0n) is 14.4. The summed E-state index contributed by atoms with van der Waals surface area (Å²) in [5.74, 6) is 1.55. The highest BCUT2D eigenvalue weighted by atomic mass is 16.5. The van der Waals surface area contributed by atoms with Gasteiger partial charge < -0.3 is 14.1 Å². The molecule has 0 aliphatic carbocycles. The molecular weight excluding hydrogens is 316 g/mol. The van der Waals surface area contributed by atoms with Gasteiger partial charge in [-0.1, -0.05) is 31.2 Å². The summed E-state index contributed by atoms with van der Waals surface area (Å²) >= 11 is 0. The van der Waals surface area contributed by atoms with E-state index in [9.17, 15) is 4.79 Å². The van der Waals surface area contributed by atoms with Gasteiger partial charge in [-0.3, -0.25) is 4.79 Å². The van der Waals surface area contributed by atoms with Gasteiger partial charge in [-0.05, 0) is 25.0 Å². The Labute approximate surface area is 147 Å². The Morgan fingerprint density at radius 1 is 1.28 bits per heavy atom. The molecule has 25 heavy (non-hydrogen) atoms. The van der Waals surface area contributed by atoms with Gasteiger partial charge in [0.2, 0.25) is 0 Å². The number of aromatic nitrogens is 1. The smallest absolute Gasteiger partial charge is 0.276 e. The number of hydrogen-bond acceptors (Lipinski definition) is 4. The quantitative estimate of drug-likeness (QED) is 0.838. The Morgan fingerprint density at radius 3 is 3.04 bits per heavy atom. The van der Waals surface area contributed by atoms with E-state index in [0.717, 1.165) is 37.1 Å². The van der Waals surface area contributed by atoms with Crippen molar-refractivity contribution >= 4 is 12.0 Å². The number of ether oxygens (including phenoxy) is 1. The van der Waals surface area contributed by atoms with Crippen molar-refractivity contribution in [1.82, 2.24) is 9.88 Å². The van der Waals surface area contributed by atoms with Crippen molar-refractivity contribution in [3.63, 3.8) is 0 Å². The highest BCUT2D eigenvalue weighted by Crippen LogP contribution is 2.37. The fourth-order valence-corrected chi connectivity index (χ4v) is 3.65. The van der Waals surface area contributed by atoms with E-state index in [1.165, 1.54) is 6.39 Å². The molecule has 2 aliphatic rings. The Kier molecular flexibility index (Phi) is 4.07. The van der Waals surface area contributed by atoms with E-state index < -0.39 is 0 Å². The minimum atomic E-state index is -0.319. The lowest BCUT2D eigenvalue weighted by atomic mass is 9.91. The molecule has 5 nitrogen and oxygen atoms in total. The number of amides is 1. The van der Waals surface area contributed by atoms with Crippen LogP contribution in [0, 0.1) is 0 Å². The molecule has 0 bridgehead atoms. The molecule has 1 spiro atoms. The van der Waals surface area contributed by atoms with Gasteiger partial charge in [0.25, 0.3) is 5.91 Å². The van der Waals surface area contributed by atoms with Gasteiger partial charge in [-0.15, -0.1) is 0 Å². The lowest BCUT2D eigenvalue weighted by molar-refractivity contribution is 0.0723. The van der Waals surface area contributed by atoms with E-state index in [2.05, 4.69) is 23.2 Å². The van der Waals surface area contributed by atoms with Gasteiger partial charge in [-0.2, -0.15) is 0 Å². The first-order valence-corrected chi connectivity index (χ1v) is 8.90. The van der Waals surface area contributed by atoms with Crippen LogP contribution in [0.5, 0.6) is 5.75 Å². The highest BCUT2D eigenvalue weighted by molar-refractivity contribution is 5.93. The van der Waals surface area contributed by atoms with Crippen LogP contribution in [0.4, 0.5) is 0 Å². The zero-order chi connectivity index (χ0) is 17.3. The third-order valence-electron chi connectivity index (χ3n) is 5.08. The normalized spacial score (nSPS) is 22.4. The number of nitrogens with zero attached hydrogens (tertiary/aromatic N) is 2. The Balaban J connectivity index is 1.51. The van der Waals surface area contributed by atoms with Crippen LogP contribution in [0.15, 0.2) is 41.2 Å². The molecule has 0 radical (unpaired) electrons. The minimum Gasteiger partial charge on any atom is -0.483 e. The summed E-state index contributed by atoms with van der Waals surface area (Å²) in [5, 5.41) is 0. The number of likely N-dealkylation sites (tertiary alicyclic amines) is 1. The summed E-state index contributed by atoms with van der Waals surface area (Å²) in [6.45, 7) is 3.34. The Morgan fingerprint density at radius 2 is 2.16 bits per heavy atom. The molecule has 4 rings (SSSR count). The molecule has 1 atom stereocenters. The van der Waals surface area contributed by atoms with Gasteiger partial charge in [0.15, 0.2) is 12.1 Å². The van der Waals surface area contributed by atoms with Crippen molar-refractivity contribution in [1.29, 1.82) is 0 Å². The average Bonchev–Trinajstić information content (AvgIpc) is 3.04. The molecule has 1 amide bonds. The molecule has 1 saturated heterocycles. The molecule has 2 aliphatic heterocycles. The second kappa shape index (κ2) is 6.39. The molecule has 0 unspecified atom stereocenters. The lowest BCUT2D eigenvalue weighted by Crippen LogP contribution is -2.38. The summed E-state index contributed by atoms with van der Waals surface area (Å²) < 4.78 is 11.7. The van der Waals surface area contributed by atoms with Gasteiger partial charge >= 0.3 is 0 Å². The third kappa shape index (κ3) is 2.95. The second-order valence-electron chi connectivity index (χ2n) is 6.66. The molecule has 3 heterocycles. The van der Waals surface area contributed by atoms with Gasteiger partial charge in [-0.25, -0.2) is 4.98 Å². The molecule has 2 aromatic rings. The van der Waals surface area contributed by atoms with E-state index in [4.69, 9.17) is 9.15 Å². The summed E-state index contributed by atoms with van der Waals surface area (Å²) in [7, 11) is 0. The molecule has 5 heteroatoms. The molecule has 1 aromatic heterocycles. The minimum absolute atomic E-state index is 0.0390. The van der Waals surface area contributed by atoms with Gasteiger partial charge in [0.1, 0.15) is 17.1 Å². The largest absolute Gasteiger partial charge is 0.483 e. The SMILES string of the molecule is CCc1ocnc1C(=O)N1CCC[C@@]2(C=Cc3ccccc3O2)CC1. The fourth-order valence-electron chi connectivity index (χ4n) is 3.65. The number of oxazole rings is 1. The van der Waals surface area contributed by atoms with Crippen LogP contribution in [0.25, 0.3) is 6.08 Å². The fraction of sp³-hybridized carbons (Fsp3) is 0.400. The van der Waals surface area contributed by atoms with Crippen molar-refractivity contribution in [3.8, 4) is 5.75 Å². The molecular formula is C20H22N2O3. The van der Waals surface area contributed by atoms with Crippen LogP contribution >= 0.6 is 0 Å². The first kappa shape index (κ1) is 15.9. The third-order valence-corrected chi connectivity index (χ3v) is 5.08. The number of benzene rings is 1. The first-order chi connectivity index (χ1) is 12.2. The number of carbonyl (C=O) groups excluding carboxylic acids is 1. The van der Waals surface area contributed by atoms with Crippen LogP contribution in [-0.4, -0.2) is 34.5 Å². The number of hydrogen-bond donors (Lipinski definition) is 0. The van der Waals surface area contributed by atoms with Crippen LogP contribution in [-0.2, 0) is 6.42 Å². The van der Waals surface area contributed by atoms with E-state index in [0.29, 0.717) is 24.4 Å². The van der Waals surface area contributed by atoms with Crippen molar-refractivity contribution < 1.29 is 13.9 Å². The van der Waals surface area contributed by atoms with Crippen molar-refractivity contribution in [2.45, 2.75) is 38.2 Å². The summed E-state index contributed by atoms with van der Waals surface area (Å²) in [5.41, 5.74) is 1.24. The van der Waals surface area contributed by atoms with E-state index in [1.54, 1.807) is 0 Å². The number of para-hydroxylation sites is 1. The first-order valence-electron chi connectivity index (χ1n) is 8.90. The van der Waals surface area contributed by atoms with Crippen LogP contribution in [0.2, 0.25) is 0 Å². The standard InChI is InChI=1S/C20H22N2O3/c1-2-16-18(21-14-24-16)19(23)22-12-5-9-20(11-13-22)10-8-15-6-3-4-7-17(15)25-20/h3-4,6-8,10,14H,2,5,9,11-13H2,1H3/t20-/m1/s1. The van der Waals surface area contributed by atoms with Crippen molar-refractivity contribution in [2.24, 2.45) is 0 Å². The van der Waals surface area contributed by atoms with Crippen LogP contribution < -0.4 is 4.74 Å². The van der Waals surface area contributed by atoms with Crippen molar-refractivity contribution in [3.05, 3.63) is 53.8 Å². The summed E-state index contributed by atoms with van der Waals surface area (Å²) in [4.78, 5) is 18.8. The second-order valence-corrected chi connectivity index (χ2v) is 6.66. The maximum atomic E-state index is 12.8. The van der Waals surface area contributed by atoms with Crippen LogP contribution in [0.1, 0.15) is 48.0 Å².